The highest BCUT2D eigenvalue weighted by molar-refractivity contribution is 8.02. The highest BCUT2D eigenvalue weighted by Crippen LogP contribution is 2.28. The molecular formula is C9H15N5O3S2. The molecule has 0 unspecified atom stereocenters. The van der Waals surface area contributed by atoms with Gasteiger partial charge in [0.15, 0.2) is 4.34 Å². The van der Waals surface area contributed by atoms with Crippen molar-refractivity contribution in [3.63, 3.8) is 0 Å². The Morgan fingerprint density at radius 2 is 2.26 bits per heavy atom. The SMILES string of the molecule is COCCNc1nnc(S[C@@H](C)C(=O)NC(N)=O)s1. The third-order valence-corrected chi connectivity index (χ3v) is 3.95. The molecule has 0 spiro atoms. The number of aromatic nitrogens is 2. The fourth-order valence-corrected chi connectivity index (χ4v) is 2.94. The van der Waals surface area contributed by atoms with Gasteiger partial charge in [0.1, 0.15) is 0 Å². The van der Waals surface area contributed by atoms with Crippen LogP contribution < -0.4 is 16.4 Å². The highest BCUT2D eigenvalue weighted by atomic mass is 32.2. The predicted octanol–water partition coefficient (Wildman–Crippen LogP) is 0.272. The van der Waals surface area contributed by atoms with Crippen LogP contribution in [0.3, 0.4) is 0 Å². The second kappa shape index (κ2) is 7.92. The number of primary amides is 1. The minimum absolute atomic E-state index is 0.457. The van der Waals surface area contributed by atoms with Gasteiger partial charge in [-0.05, 0) is 6.92 Å². The van der Waals surface area contributed by atoms with Crippen LogP contribution in [0.5, 0.6) is 0 Å². The number of nitrogens with zero attached hydrogens (tertiary/aromatic N) is 2. The molecule has 0 saturated carbocycles. The first-order valence-corrected chi connectivity index (χ1v) is 7.05. The Hall–Kier alpha value is -1.39. The second-order valence-electron chi connectivity index (χ2n) is 3.41. The summed E-state index contributed by atoms with van der Waals surface area (Å²) in [6.45, 7) is 2.86. The molecule has 19 heavy (non-hydrogen) atoms. The molecular weight excluding hydrogens is 290 g/mol. The summed E-state index contributed by atoms with van der Waals surface area (Å²) in [6, 6.07) is -0.864. The van der Waals surface area contributed by atoms with Gasteiger partial charge in [-0.25, -0.2) is 4.79 Å². The smallest absolute Gasteiger partial charge is 0.318 e. The number of anilines is 1. The number of hydrogen-bond acceptors (Lipinski definition) is 8. The fourth-order valence-electron chi connectivity index (χ4n) is 1.02. The molecule has 0 bridgehead atoms. The van der Waals surface area contributed by atoms with Crippen LogP contribution in [0.25, 0.3) is 0 Å². The number of rotatable bonds is 7. The van der Waals surface area contributed by atoms with E-state index in [4.69, 9.17) is 10.5 Å². The first-order valence-electron chi connectivity index (χ1n) is 5.36. The van der Waals surface area contributed by atoms with Gasteiger partial charge in [-0.3, -0.25) is 10.1 Å². The minimum atomic E-state index is -0.864. The summed E-state index contributed by atoms with van der Waals surface area (Å²) in [6.07, 6.45) is 0. The third-order valence-electron chi connectivity index (χ3n) is 1.88. The van der Waals surface area contributed by atoms with Gasteiger partial charge in [0.25, 0.3) is 0 Å². The molecule has 8 nitrogen and oxygen atoms in total. The van der Waals surface area contributed by atoms with E-state index in [1.807, 2.05) is 5.32 Å². The molecule has 0 fully saturated rings. The number of amides is 3. The summed E-state index contributed by atoms with van der Waals surface area (Å²) in [4.78, 5) is 22.0. The van der Waals surface area contributed by atoms with E-state index in [0.717, 1.165) is 0 Å². The number of hydrogen-bond donors (Lipinski definition) is 3. The van der Waals surface area contributed by atoms with Crippen molar-refractivity contribution in [3.05, 3.63) is 0 Å². The van der Waals surface area contributed by atoms with Gasteiger partial charge in [-0.1, -0.05) is 23.1 Å². The molecule has 1 aromatic heterocycles. The summed E-state index contributed by atoms with van der Waals surface area (Å²) >= 11 is 2.53. The molecule has 10 heteroatoms. The lowest BCUT2D eigenvalue weighted by Gasteiger charge is -2.06. The van der Waals surface area contributed by atoms with Crippen LogP contribution >= 0.6 is 23.1 Å². The number of ether oxygens (including phenoxy) is 1. The summed E-state index contributed by atoms with van der Waals surface area (Å²) < 4.78 is 5.53. The van der Waals surface area contributed by atoms with Crippen LogP contribution in [0.2, 0.25) is 0 Å². The Morgan fingerprint density at radius 1 is 1.53 bits per heavy atom. The molecule has 1 heterocycles. The van der Waals surface area contributed by atoms with Crippen LogP contribution in [0.1, 0.15) is 6.92 Å². The molecule has 1 aromatic rings. The van der Waals surface area contributed by atoms with E-state index in [1.165, 1.54) is 23.1 Å². The van der Waals surface area contributed by atoms with Crippen LogP contribution in [0, 0.1) is 0 Å². The average molecular weight is 305 g/mol. The Bertz CT molecular complexity index is 439. The lowest BCUT2D eigenvalue weighted by molar-refractivity contribution is -0.119. The van der Waals surface area contributed by atoms with Gasteiger partial charge in [0.2, 0.25) is 11.0 Å². The zero-order chi connectivity index (χ0) is 14.3. The molecule has 0 aliphatic rings. The zero-order valence-electron chi connectivity index (χ0n) is 10.5. The molecule has 1 atom stereocenters. The van der Waals surface area contributed by atoms with Crippen LogP contribution in [-0.4, -0.2) is 47.6 Å². The number of carbonyl (C=O) groups is 2. The first kappa shape index (κ1) is 15.7. The molecule has 0 aromatic carbocycles. The normalized spacial score (nSPS) is 11.9. The summed E-state index contributed by atoms with van der Waals surface area (Å²) in [5, 5.41) is 13.1. The van der Waals surface area contributed by atoms with Crippen molar-refractivity contribution in [1.82, 2.24) is 15.5 Å². The van der Waals surface area contributed by atoms with E-state index in [1.54, 1.807) is 14.0 Å². The quantitative estimate of drug-likeness (QED) is 0.488. The van der Waals surface area contributed by atoms with Crippen LogP contribution in [-0.2, 0) is 9.53 Å². The van der Waals surface area contributed by atoms with Crippen molar-refractivity contribution in [2.45, 2.75) is 16.5 Å². The van der Waals surface area contributed by atoms with Gasteiger partial charge in [0.05, 0.1) is 11.9 Å². The van der Waals surface area contributed by atoms with Gasteiger partial charge < -0.3 is 15.8 Å². The average Bonchev–Trinajstić information content (AvgIpc) is 2.76. The number of thioether (sulfide) groups is 1. The maximum Gasteiger partial charge on any atom is 0.318 e. The lowest BCUT2D eigenvalue weighted by Crippen LogP contribution is -2.39. The summed E-state index contributed by atoms with van der Waals surface area (Å²) in [7, 11) is 1.61. The molecule has 0 aliphatic carbocycles. The summed E-state index contributed by atoms with van der Waals surface area (Å²) in [5.74, 6) is -0.457. The molecule has 106 valence electrons. The number of carbonyl (C=O) groups excluding carboxylic acids is 2. The molecule has 0 aliphatic heterocycles. The van der Waals surface area contributed by atoms with E-state index >= 15 is 0 Å². The van der Waals surface area contributed by atoms with Crippen molar-refractivity contribution < 1.29 is 14.3 Å². The molecule has 0 radical (unpaired) electrons. The molecule has 0 saturated heterocycles. The standard InChI is InChI=1S/C9H15N5O3S2/c1-5(6(15)12-7(10)16)18-9-14-13-8(19-9)11-3-4-17-2/h5H,3-4H2,1-2H3,(H,11,13)(H3,10,12,15,16)/t5-/m0/s1. The monoisotopic (exact) mass is 305 g/mol. The number of imide groups is 1. The largest absolute Gasteiger partial charge is 0.383 e. The third kappa shape index (κ3) is 5.85. The Kier molecular flexibility index (Phi) is 6.53. The second-order valence-corrected chi connectivity index (χ2v) is 5.97. The fraction of sp³-hybridized carbons (Fsp3) is 0.556. The minimum Gasteiger partial charge on any atom is -0.383 e. The summed E-state index contributed by atoms with van der Waals surface area (Å²) in [5.41, 5.74) is 4.87. The maximum atomic E-state index is 11.5. The van der Waals surface area contributed by atoms with Gasteiger partial charge in [0, 0.05) is 13.7 Å². The van der Waals surface area contributed by atoms with E-state index in [9.17, 15) is 9.59 Å². The van der Waals surface area contributed by atoms with Crippen molar-refractivity contribution >= 4 is 40.2 Å². The zero-order valence-corrected chi connectivity index (χ0v) is 12.1. The van der Waals surface area contributed by atoms with Crippen LogP contribution in [0.15, 0.2) is 4.34 Å². The van der Waals surface area contributed by atoms with E-state index in [-0.39, 0.29) is 0 Å². The Morgan fingerprint density at radius 3 is 2.89 bits per heavy atom. The first-order chi connectivity index (χ1) is 9.02. The van der Waals surface area contributed by atoms with Crippen molar-refractivity contribution in [3.8, 4) is 0 Å². The number of nitrogens with one attached hydrogen (secondary N) is 2. The van der Waals surface area contributed by atoms with Gasteiger partial charge >= 0.3 is 6.03 Å². The van der Waals surface area contributed by atoms with Crippen molar-refractivity contribution in [2.24, 2.45) is 5.73 Å². The number of nitrogens with two attached hydrogens (primary N) is 1. The van der Waals surface area contributed by atoms with Crippen LogP contribution in [0.4, 0.5) is 9.93 Å². The highest BCUT2D eigenvalue weighted by Gasteiger charge is 2.18. The topological polar surface area (TPSA) is 119 Å². The van der Waals surface area contributed by atoms with E-state index in [2.05, 4.69) is 15.5 Å². The van der Waals surface area contributed by atoms with Gasteiger partial charge in [-0.2, -0.15) is 0 Å². The van der Waals surface area contributed by atoms with Crippen molar-refractivity contribution in [1.29, 1.82) is 0 Å². The van der Waals surface area contributed by atoms with Crippen molar-refractivity contribution in [2.75, 3.05) is 25.6 Å². The maximum absolute atomic E-state index is 11.5. The Labute approximate surface area is 118 Å². The molecule has 4 N–H and O–H groups in total. The molecule has 3 amide bonds. The predicted molar refractivity (Wildman–Crippen MR) is 73.3 cm³/mol. The number of methoxy groups -OCH3 is 1. The lowest BCUT2D eigenvalue weighted by atomic mass is 10.4. The van der Waals surface area contributed by atoms with Gasteiger partial charge in [-0.15, -0.1) is 10.2 Å². The molecule has 1 rings (SSSR count). The van der Waals surface area contributed by atoms with E-state index in [0.29, 0.717) is 22.6 Å². The number of urea groups is 1. The Balaban J connectivity index is 2.44. The van der Waals surface area contributed by atoms with E-state index < -0.39 is 17.2 Å².